The standard InChI is InChI=1S/C20H14F3N5O3S/c1-2-28-13-6-4-3-5-11(13)15(29)14(18(28)31)16(30)25-19-27-26-17(32-19)12-8-7-10(9-24-12)20(21,22)23/h3-9,29H,2H2,1H3,(H,25,27,30). The van der Waals surface area contributed by atoms with Crippen LogP contribution in [0.2, 0.25) is 0 Å². The zero-order valence-electron chi connectivity index (χ0n) is 16.3. The predicted octanol–water partition coefficient (Wildman–Crippen LogP) is 3.91. The monoisotopic (exact) mass is 461 g/mol. The number of fused-ring (bicyclic) bond motifs is 1. The molecule has 12 heteroatoms. The van der Waals surface area contributed by atoms with Crippen molar-refractivity contribution in [2.24, 2.45) is 0 Å². The number of hydrogen-bond acceptors (Lipinski definition) is 7. The Morgan fingerprint density at radius 3 is 2.59 bits per heavy atom. The van der Waals surface area contributed by atoms with Crippen molar-refractivity contribution < 1.29 is 23.1 Å². The molecule has 0 aliphatic rings. The van der Waals surface area contributed by atoms with Crippen molar-refractivity contribution in [3.05, 3.63) is 64.1 Å². The molecule has 0 aliphatic carbocycles. The lowest BCUT2D eigenvalue weighted by Gasteiger charge is -2.12. The average Bonchev–Trinajstić information content (AvgIpc) is 3.22. The van der Waals surface area contributed by atoms with E-state index in [2.05, 4.69) is 20.5 Å². The van der Waals surface area contributed by atoms with E-state index < -0.39 is 34.5 Å². The van der Waals surface area contributed by atoms with Crippen molar-refractivity contribution in [2.75, 3.05) is 5.32 Å². The summed E-state index contributed by atoms with van der Waals surface area (Å²) in [6.45, 7) is 2.02. The first kappa shape index (κ1) is 21.4. The van der Waals surface area contributed by atoms with Gasteiger partial charge in [0.2, 0.25) is 5.13 Å². The number of para-hydroxylation sites is 1. The Morgan fingerprint density at radius 2 is 1.94 bits per heavy atom. The largest absolute Gasteiger partial charge is 0.506 e. The van der Waals surface area contributed by atoms with Gasteiger partial charge in [-0.15, -0.1) is 10.2 Å². The highest BCUT2D eigenvalue weighted by Crippen LogP contribution is 2.31. The number of aryl methyl sites for hydroxylation is 1. The minimum absolute atomic E-state index is 0.0123. The summed E-state index contributed by atoms with van der Waals surface area (Å²) >= 11 is 0.859. The van der Waals surface area contributed by atoms with Crippen LogP contribution >= 0.6 is 11.3 Å². The van der Waals surface area contributed by atoms with Gasteiger partial charge in [0.05, 0.1) is 11.1 Å². The van der Waals surface area contributed by atoms with E-state index in [0.717, 1.165) is 23.5 Å². The number of nitrogens with one attached hydrogen (secondary N) is 1. The Kier molecular flexibility index (Phi) is 5.38. The molecule has 0 fully saturated rings. The van der Waals surface area contributed by atoms with Crippen molar-refractivity contribution in [3.8, 4) is 16.5 Å². The molecule has 1 aromatic carbocycles. The molecule has 0 aliphatic heterocycles. The van der Waals surface area contributed by atoms with Crippen molar-refractivity contribution in [3.63, 3.8) is 0 Å². The van der Waals surface area contributed by atoms with E-state index in [1.54, 1.807) is 31.2 Å². The van der Waals surface area contributed by atoms with Crippen LogP contribution in [-0.2, 0) is 12.7 Å². The van der Waals surface area contributed by atoms with Crippen LogP contribution in [-0.4, -0.2) is 30.8 Å². The summed E-state index contributed by atoms with van der Waals surface area (Å²) in [4.78, 5) is 29.3. The number of pyridine rings is 2. The lowest BCUT2D eigenvalue weighted by Crippen LogP contribution is -2.29. The first-order valence-electron chi connectivity index (χ1n) is 9.23. The number of aromatic nitrogens is 4. The molecule has 0 atom stereocenters. The topological polar surface area (TPSA) is 110 Å². The molecule has 4 aromatic rings. The van der Waals surface area contributed by atoms with Crippen molar-refractivity contribution in [1.29, 1.82) is 0 Å². The van der Waals surface area contributed by atoms with Crippen LogP contribution in [0.4, 0.5) is 18.3 Å². The van der Waals surface area contributed by atoms with E-state index in [1.165, 1.54) is 4.57 Å². The number of aromatic hydroxyl groups is 1. The number of hydrogen-bond donors (Lipinski definition) is 2. The van der Waals surface area contributed by atoms with Crippen LogP contribution in [0.25, 0.3) is 21.6 Å². The van der Waals surface area contributed by atoms with E-state index in [1.807, 2.05) is 0 Å². The maximum Gasteiger partial charge on any atom is 0.417 e. The minimum atomic E-state index is -4.51. The second kappa shape index (κ2) is 8.04. The number of anilines is 1. The van der Waals surface area contributed by atoms with Gasteiger partial charge >= 0.3 is 6.18 Å². The molecule has 0 radical (unpaired) electrons. The number of amides is 1. The molecule has 0 spiro atoms. The van der Waals surface area contributed by atoms with Crippen LogP contribution in [0, 0.1) is 0 Å². The van der Waals surface area contributed by atoms with E-state index in [9.17, 15) is 27.9 Å². The lowest BCUT2D eigenvalue weighted by molar-refractivity contribution is -0.137. The summed E-state index contributed by atoms with van der Waals surface area (Å²) in [5, 5.41) is 21.1. The summed E-state index contributed by atoms with van der Waals surface area (Å²) in [5.74, 6) is -1.34. The Hall–Kier alpha value is -3.80. The predicted molar refractivity (Wildman–Crippen MR) is 112 cm³/mol. The van der Waals surface area contributed by atoms with E-state index in [0.29, 0.717) is 17.1 Å². The number of benzene rings is 1. The van der Waals surface area contributed by atoms with Gasteiger partial charge in [-0.3, -0.25) is 19.9 Å². The molecule has 164 valence electrons. The first-order chi connectivity index (χ1) is 15.2. The van der Waals surface area contributed by atoms with Crippen LogP contribution in [0.3, 0.4) is 0 Å². The molecule has 3 heterocycles. The smallest absolute Gasteiger partial charge is 0.417 e. The third-order valence-electron chi connectivity index (χ3n) is 4.64. The van der Waals surface area contributed by atoms with E-state index >= 15 is 0 Å². The van der Waals surface area contributed by atoms with Crippen LogP contribution in [0.15, 0.2) is 47.4 Å². The van der Waals surface area contributed by atoms with Gasteiger partial charge in [0.15, 0.2) is 5.01 Å². The molecule has 8 nitrogen and oxygen atoms in total. The van der Waals surface area contributed by atoms with Crippen molar-refractivity contribution >= 4 is 33.3 Å². The van der Waals surface area contributed by atoms with E-state index in [-0.39, 0.29) is 22.4 Å². The van der Waals surface area contributed by atoms with Crippen molar-refractivity contribution in [2.45, 2.75) is 19.6 Å². The molecule has 4 rings (SSSR count). The SMILES string of the molecule is CCn1c(=O)c(C(=O)Nc2nnc(-c3ccc(C(F)(F)F)cn3)s2)c(O)c2ccccc21. The fourth-order valence-electron chi connectivity index (χ4n) is 3.13. The molecule has 1 amide bonds. The van der Waals surface area contributed by atoms with Gasteiger partial charge in [0.25, 0.3) is 11.5 Å². The molecule has 32 heavy (non-hydrogen) atoms. The zero-order valence-corrected chi connectivity index (χ0v) is 17.2. The Bertz CT molecular complexity index is 1380. The van der Waals surface area contributed by atoms with Crippen LogP contribution in [0.1, 0.15) is 22.8 Å². The summed E-state index contributed by atoms with van der Waals surface area (Å²) in [6.07, 6.45) is -3.84. The number of carbonyl (C=O) groups excluding carboxylic acids is 1. The molecule has 0 bridgehead atoms. The summed E-state index contributed by atoms with van der Waals surface area (Å²) in [7, 11) is 0. The molecule has 2 N–H and O–H groups in total. The Morgan fingerprint density at radius 1 is 1.19 bits per heavy atom. The molecule has 3 aromatic heterocycles. The Balaban J connectivity index is 1.64. The summed E-state index contributed by atoms with van der Waals surface area (Å²) in [5.41, 5.74) is -1.40. The van der Waals surface area contributed by atoms with Gasteiger partial charge in [-0.05, 0) is 31.2 Å². The van der Waals surface area contributed by atoms with Crippen LogP contribution < -0.4 is 10.9 Å². The first-order valence-corrected chi connectivity index (χ1v) is 10.0. The third kappa shape index (κ3) is 3.80. The normalized spacial score (nSPS) is 11.6. The fraction of sp³-hybridized carbons (Fsp3) is 0.150. The van der Waals surface area contributed by atoms with Crippen LogP contribution in [0.5, 0.6) is 5.75 Å². The minimum Gasteiger partial charge on any atom is -0.506 e. The number of carbonyl (C=O) groups is 1. The number of nitrogens with zero attached hydrogens (tertiary/aromatic N) is 4. The highest BCUT2D eigenvalue weighted by molar-refractivity contribution is 7.18. The molecule has 0 saturated heterocycles. The number of alkyl halides is 3. The second-order valence-corrected chi connectivity index (χ2v) is 7.56. The van der Waals surface area contributed by atoms with Gasteiger partial charge < -0.3 is 9.67 Å². The average molecular weight is 461 g/mol. The van der Waals surface area contributed by atoms with Gasteiger partial charge in [0.1, 0.15) is 17.0 Å². The second-order valence-electron chi connectivity index (χ2n) is 6.59. The lowest BCUT2D eigenvalue weighted by atomic mass is 10.1. The third-order valence-corrected chi connectivity index (χ3v) is 5.51. The zero-order chi connectivity index (χ0) is 23.0. The number of rotatable bonds is 4. The van der Waals surface area contributed by atoms with Gasteiger partial charge in [0, 0.05) is 18.1 Å². The van der Waals surface area contributed by atoms with Crippen molar-refractivity contribution in [1.82, 2.24) is 19.7 Å². The fourth-order valence-corrected chi connectivity index (χ4v) is 3.85. The van der Waals surface area contributed by atoms with Gasteiger partial charge in [-0.2, -0.15) is 13.2 Å². The molecule has 0 unspecified atom stereocenters. The quantitative estimate of drug-likeness (QED) is 0.477. The highest BCUT2D eigenvalue weighted by Gasteiger charge is 2.31. The van der Waals surface area contributed by atoms with Gasteiger partial charge in [-0.25, -0.2) is 0 Å². The molecular formula is C20H14F3N5O3S. The molecular weight excluding hydrogens is 447 g/mol. The summed E-state index contributed by atoms with van der Waals surface area (Å²) in [6, 6.07) is 8.64. The van der Waals surface area contributed by atoms with E-state index in [4.69, 9.17) is 0 Å². The highest BCUT2D eigenvalue weighted by atomic mass is 32.1. The summed E-state index contributed by atoms with van der Waals surface area (Å²) < 4.78 is 39.4. The Labute approximate surface area is 182 Å². The maximum absolute atomic E-state index is 12.8. The maximum atomic E-state index is 12.8. The van der Waals surface area contributed by atoms with Gasteiger partial charge in [-0.1, -0.05) is 23.5 Å². The number of halogens is 3. The molecule has 0 saturated carbocycles.